The highest BCUT2D eigenvalue weighted by Crippen LogP contribution is 2.24. The van der Waals surface area contributed by atoms with Crippen molar-refractivity contribution < 1.29 is 8.78 Å². The van der Waals surface area contributed by atoms with Gasteiger partial charge in [-0.25, -0.2) is 13.8 Å². The number of H-pyrrole nitrogens is 1. The molecule has 2 aromatic rings. The highest BCUT2D eigenvalue weighted by Gasteiger charge is 2.21. The normalized spacial score (nSPS) is 19.2. The summed E-state index contributed by atoms with van der Waals surface area (Å²) < 4.78 is 27.4. The SMILES string of the molecule is Cc1ncc(CN2CCC[C@@H](CCc3c(F)cccc3F)C2)[nH]1. The van der Waals surface area contributed by atoms with E-state index in [1.807, 2.05) is 13.1 Å². The lowest BCUT2D eigenvalue weighted by Gasteiger charge is -2.32. The van der Waals surface area contributed by atoms with Crippen molar-refractivity contribution in [1.82, 2.24) is 14.9 Å². The summed E-state index contributed by atoms with van der Waals surface area (Å²) in [5.41, 5.74) is 1.36. The van der Waals surface area contributed by atoms with Crippen LogP contribution in [0.15, 0.2) is 24.4 Å². The van der Waals surface area contributed by atoms with Crippen LogP contribution < -0.4 is 0 Å². The number of aromatic nitrogens is 2. The first-order valence-corrected chi connectivity index (χ1v) is 8.27. The van der Waals surface area contributed by atoms with Crippen LogP contribution in [-0.4, -0.2) is 28.0 Å². The standard InChI is InChI=1S/C18H23F2N3/c1-13-21-10-15(22-13)12-23-9-3-4-14(11-23)7-8-16-17(19)5-2-6-18(16)20/h2,5-6,10,14H,3-4,7-9,11-12H2,1H3,(H,21,22)/t14-/m0/s1. The summed E-state index contributed by atoms with van der Waals surface area (Å²) in [6.45, 7) is 4.87. The van der Waals surface area contributed by atoms with Gasteiger partial charge in [-0.05, 0) is 57.2 Å². The van der Waals surface area contributed by atoms with Gasteiger partial charge < -0.3 is 4.98 Å². The molecular formula is C18H23F2N3. The molecule has 1 saturated heterocycles. The number of likely N-dealkylation sites (tertiary alicyclic amines) is 1. The van der Waals surface area contributed by atoms with E-state index < -0.39 is 11.6 Å². The van der Waals surface area contributed by atoms with Crippen LogP contribution >= 0.6 is 0 Å². The van der Waals surface area contributed by atoms with Crippen LogP contribution in [0.25, 0.3) is 0 Å². The number of imidazole rings is 1. The predicted octanol–water partition coefficient (Wildman–Crippen LogP) is 3.84. The van der Waals surface area contributed by atoms with E-state index in [0.29, 0.717) is 12.3 Å². The Morgan fingerprint density at radius 1 is 1.30 bits per heavy atom. The zero-order valence-electron chi connectivity index (χ0n) is 13.5. The smallest absolute Gasteiger partial charge is 0.129 e. The van der Waals surface area contributed by atoms with Crippen LogP contribution in [0.3, 0.4) is 0 Å². The van der Waals surface area contributed by atoms with Gasteiger partial charge in [0.25, 0.3) is 0 Å². The monoisotopic (exact) mass is 319 g/mol. The second-order valence-electron chi connectivity index (χ2n) is 6.48. The number of halogens is 2. The molecule has 3 nitrogen and oxygen atoms in total. The first kappa shape index (κ1) is 16.1. The van der Waals surface area contributed by atoms with Crippen molar-refractivity contribution in [2.75, 3.05) is 13.1 Å². The molecule has 0 amide bonds. The molecule has 1 fully saturated rings. The van der Waals surface area contributed by atoms with E-state index in [0.717, 1.165) is 50.4 Å². The number of rotatable bonds is 5. The van der Waals surface area contributed by atoms with E-state index in [4.69, 9.17) is 0 Å². The van der Waals surface area contributed by atoms with Crippen molar-refractivity contribution in [2.45, 2.75) is 39.2 Å². The lowest BCUT2D eigenvalue weighted by Crippen LogP contribution is -2.35. The van der Waals surface area contributed by atoms with E-state index in [-0.39, 0.29) is 5.56 Å². The lowest BCUT2D eigenvalue weighted by molar-refractivity contribution is 0.160. The summed E-state index contributed by atoms with van der Waals surface area (Å²) in [5.74, 6) is 0.576. The minimum atomic E-state index is -0.425. The van der Waals surface area contributed by atoms with Crippen LogP contribution in [0.4, 0.5) is 8.78 Å². The zero-order chi connectivity index (χ0) is 16.2. The number of nitrogens with zero attached hydrogens (tertiary/aromatic N) is 2. The van der Waals surface area contributed by atoms with Gasteiger partial charge >= 0.3 is 0 Å². The summed E-state index contributed by atoms with van der Waals surface area (Å²) in [5, 5.41) is 0. The number of piperidine rings is 1. The molecule has 0 aliphatic carbocycles. The molecule has 1 N–H and O–H groups in total. The molecule has 0 unspecified atom stereocenters. The zero-order valence-corrected chi connectivity index (χ0v) is 13.5. The van der Waals surface area contributed by atoms with E-state index in [9.17, 15) is 8.78 Å². The Balaban J connectivity index is 1.54. The molecule has 5 heteroatoms. The van der Waals surface area contributed by atoms with Crippen molar-refractivity contribution in [3.8, 4) is 0 Å². The predicted molar refractivity (Wildman–Crippen MR) is 86.0 cm³/mol. The highest BCUT2D eigenvalue weighted by molar-refractivity contribution is 5.19. The van der Waals surface area contributed by atoms with Crippen molar-refractivity contribution in [3.05, 3.63) is 53.1 Å². The summed E-state index contributed by atoms with van der Waals surface area (Å²) in [4.78, 5) is 9.89. The van der Waals surface area contributed by atoms with Crippen LogP contribution in [-0.2, 0) is 13.0 Å². The second-order valence-corrected chi connectivity index (χ2v) is 6.48. The van der Waals surface area contributed by atoms with E-state index >= 15 is 0 Å². The Hall–Kier alpha value is -1.75. The molecule has 0 radical (unpaired) electrons. The maximum Gasteiger partial charge on any atom is 0.129 e. The van der Waals surface area contributed by atoms with E-state index in [1.54, 1.807) is 0 Å². The van der Waals surface area contributed by atoms with Crippen molar-refractivity contribution in [2.24, 2.45) is 5.92 Å². The van der Waals surface area contributed by atoms with Gasteiger partial charge in [-0.2, -0.15) is 0 Å². The van der Waals surface area contributed by atoms with Crippen LogP contribution in [0.2, 0.25) is 0 Å². The summed E-state index contributed by atoms with van der Waals surface area (Å²) in [6.07, 6.45) is 5.45. The summed E-state index contributed by atoms with van der Waals surface area (Å²) >= 11 is 0. The summed E-state index contributed by atoms with van der Waals surface area (Å²) in [7, 11) is 0. The molecule has 0 spiro atoms. The fourth-order valence-electron chi connectivity index (χ4n) is 3.44. The fraction of sp³-hybridized carbons (Fsp3) is 0.500. The molecule has 1 aliphatic heterocycles. The maximum absolute atomic E-state index is 13.7. The van der Waals surface area contributed by atoms with Gasteiger partial charge in [-0.1, -0.05) is 6.07 Å². The molecule has 1 aliphatic rings. The molecule has 1 atom stereocenters. The van der Waals surface area contributed by atoms with Gasteiger partial charge in [0, 0.05) is 30.5 Å². The number of aromatic amines is 1. The Bertz CT molecular complexity index is 633. The number of hydrogen-bond donors (Lipinski definition) is 1. The van der Waals surface area contributed by atoms with Gasteiger partial charge in [0.05, 0.1) is 0 Å². The molecule has 0 bridgehead atoms. The van der Waals surface area contributed by atoms with Crippen LogP contribution in [0.5, 0.6) is 0 Å². The largest absolute Gasteiger partial charge is 0.345 e. The van der Waals surface area contributed by atoms with Crippen molar-refractivity contribution in [1.29, 1.82) is 0 Å². The van der Waals surface area contributed by atoms with Crippen molar-refractivity contribution in [3.63, 3.8) is 0 Å². The Morgan fingerprint density at radius 2 is 2.09 bits per heavy atom. The summed E-state index contributed by atoms with van der Waals surface area (Å²) in [6, 6.07) is 4.10. The first-order chi connectivity index (χ1) is 11.1. The van der Waals surface area contributed by atoms with Gasteiger partial charge in [-0.15, -0.1) is 0 Å². The van der Waals surface area contributed by atoms with Gasteiger partial charge in [0.1, 0.15) is 17.5 Å². The van der Waals surface area contributed by atoms with E-state index in [1.165, 1.54) is 18.2 Å². The Kier molecular flexibility index (Phi) is 5.06. The third-order valence-electron chi connectivity index (χ3n) is 4.62. The molecular weight excluding hydrogens is 296 g/mol. The Morgan fingerprint density at radius 3 is 2.78 bits per heavy atom. The third-order valence-corrected chi connectivity index (χ3v) is 4.62. The number of aryl methyl sites for hydroxylation is 1. The number of nitrogens with one attached hydrogen (secondary N) is 1. The molecule has 124 valence electrons. The molecule has 3 rings (SSSR count). The first-order valence-electron chi connectivity index (χ1n) is 8.27. The van der Waals surface area contributed by atoms with Crippen LogP contribution in [0, 0.1) is 24.5 Å². The average molecular weight is 319 g/mol. The molecule has 1 aromatic heterocycles. The molecule has 23 heavy (non-hydrogen) atoms. The van der Waals surface area contributed by atoms with Crippen molar-refractivity contribution >= 4 is 0 Å². The van der Waals surface area contributed by atoms with Gasteiger partial charge in [0.15, 0.2) is 0 Å². The Labute approximate surface area is 135 Å². The minimum Gasteiger partial charge on any atom is -0.345 e. The minimum absolute atomic E-state index is 0.230. The molecule has 2 heterocycles. The third kappa shape index (κ3) is 4.16. The second kappa shape index (κ2) is 7.21. The number of hydrogen-bond acceptors (Lipinski definition) is 2. The quantitative estimate of drug-likeness (QED) is 0.908. The topological polar surface area (TPSA) is 31.9 Å². The van der Waals surface area contributed by atoms with Gasteiger partial charge in [-0.3, -0.25) is 4.90 Å². The molecule has 0 saturated carbocycles. The fourth-order valence-corrected chi connectivity index (χ4v) is 3.44. The number of benzene rings is 1. The lowest BCUT2D eigenvalue weighted by atomic mass is 9.91. The molecule has 1 aromatic carbocycles. The van der Waals surface area contributed by atoms with Gasteiger partial charge in [0.2, 0.25) is 0 Å². The average Bonchev–Trinajstić information content (AvgIpc) is 2.92. The van der Waals surface area contributed by atoms with Crippen LogP contribution in [0.1, 0.15) is 36.3 Å². The van der Waals surface area contributed by atoms with E-state index in [2.05, 4.69) is 14.9 Å². The maximum atomic E-state index is 13.7. The highest BCUT2D eigenvalue weighted by atomic mass is 19.1.